The lowest BCUT2D eigenvalue weighted by molar-refractivity contribution is -0.139. The van der Waals surface area contributed by atoms with Crippen molar-refractivity contribution in [3.05, 3.63) is 65.5 Å². The first-order valence-electron chi connectivity index (χ1n) is 10.5. The summed E-state index contributed by atoms with van der Waals surface area (Å²) < 4.78 is 18.5. The second-order valence-electron chi connectivity index (χ2n) is 7.20. The maximum Gasteiger partial charge on any atom is 0.242 e. The van der Waals surface area contributed by atoms with Crippen LogP contribution in [-0.2, 0) is 21.9 Å². The number of hydrogen-bond acceptors (Lipinski definition) is 4. The third kappa shape index (κ3) is 7.90. The van der Waals surface area contributed by atoms with E-state index in [1.807, 2.05) is 38.1 Å². The second kappa shape index (κ2) is 13.0. The van der Waals surface area contributed by atoms with Crippen molar-refractivity contribution in [2.45, 2.75) is 45.0 Å². The molecule has 2 amide bonds. The monoisotopic (exact) mass is 446 g/mol. The molecule has 31 heavy (non-hydrogen) atoms. The highest BCUT2D eigenvalue weighted by molar-refractivity contribution is 7.99. The fourth-order valence-corrected chi connectivity index (χ4v) is 4.00. The molecule has 5 nitrogen and oxygen atoms in total. The number of rotatable bonds is 12. The summed E-state index contributed by atoms with van der Waals surface area (Å²) >= 11 is 1.50. The van der Waals surface area contributed by atoms with Crippen LogP contribution in [0, 0.1) is 5.82 Å². The molecule has 0 saturated carbocycles. The van der Waals surface area contributed by atoms with Crippen molar-refractivity contribution >= 4 is 23.6 Å². The van der Waals surface area contributed by atoms with E-state index in [9.17, 15) is 14.0 Å². The third-order valence-electron chi connectivity index (χ3n) is 4.85. The number of thioether (sulfide) groups is 1. The lowest BCUT2D eigenvalue weighted by Crippen LogP contribution is -2.49. The van der Waals surface area contributed by atoms with Gasteiger partial charge in [-0.1, -0.05) is 38.1 Å². The molecule has 0 aromatic heterocycles. The molecular formula is C24H31FN2O3S. The van der Waals surface area contributed by atoms with E-state index in [0.717, 1.165) is 23.3 Å². The standard InChI is InChI=1S/C24H31FN2O3S/c1-4-14-26-24(29)22(5-2)27(15-18-6-10-20(25)11-7-18)23(28)17-31-16-19-8-12-21(30-3)13-9-19/h6-13,22H,4-5,14-17H2,1-3H3,(H,26,29). The van der Waals surface area contributed by atoms with Crippen molar-refractivity contribution in [2.75, 3.05) is 19.4 Å². The van der Waals surface area contributed by atoms with Gasteiger partial charge in [0.2, 0.25) is 11.8 Å². The average Bonchev–Trinajstić information content (AvgIpc) is 2.79. The van der Waals surface area contributed by atoms with Crippen LogP contribution in [0.4, 0.5) is 4.39 Å². The van der Waals surface area contributed by atoms with Gasteiger partial charge in [0.25, 0.3) is 0 Å². The number of halogens is 1. The lowest BCUT2D eigenvalue weighted by Gasteiger charge is -2.30. The number of ether oxygens (including phenoxy) is 1. The first kappa shape index (κ1) is 24.7. The molecule has 0 aliphatic carbocycles. The van der Waals surface area contributed by atoms with Crippen LogP contribution in [0.1, 0.15) is 37.8 Å². The normalized spacial score (nSPS) is 11.6. The van der Waals surface area contributed by atoms with Gasteiger partial charge in [0.05, 0.1) is 12.9 Å². The molecule has 1 unspecified atom stereocenters. The fraction of sp³-hybridized carbons (Fsp3) is 0.417. The highest BCUT2D eigenvalue weighted by atomic mass is 32.2. The minimum Gasteiger partial charge on any atom is -0.497 e. The number of nitrogens with zero attached hydrogens (tertiary/aromatic N) is 1. The van der Waals surface area contributed by atoms with Crippen molar-refractivity contribution in [3.8, 4) is 5.75 Å². The van der Waals surface area contributed by atoms with Crippen molar-refractivity contribution in [2.24, 2.45) is 0 Å². The van der Waals surface area contributed by atoms with E-state index in [0.29, 0.717) is 18.7 Å². The third-order valence-corrected chi connectivity index (χ3v) is 5.84. The van der Waals surface area contributed by atoms with Gasteiger partial charge in [0.15, 0.2) is 0 Å². The Morgan fingerprint density at radius 3 is 2.29 bits per heavy atom. The molecule has 0 spiro atoms. The van der Waals surface area contributed by atoms with Crippen LogP contribution < -0.4 is 10.1 Å². The van der Waals surface area contributed by atoms with Crippen molar-refractivity contribution < 1.29 is 18.7 Å². The highest BCUT2D eigenvalue weighted by Gasteiger charge is 2.28. The molecule has 0 aliphatic rings. The zero-order valence-corrected chi connectivity index (χ0v) is 19.2. The smallest absolute Gasteiger partial charge is 0.242 e. The molecule has 1 atom stereocenters. The highest BCUT2D eigenvalue weighted by Crippen LogP contribution is 2.19. The van der Waals surface area contributed by atoms with E-state index in [1.54, 1.807) is 24.1 Å². The largest absolute Gasteiger partial charge is 0.497 e. The van der Waals surface area contributed by atoms with Crippen LogP contribution in [0.25, 0.3) is 0 Å². The number of hydrogen-bond donors (Lipinski definition) is 1. The van der Waals surface area contributed by atoms with Gasteiger partial charge >= 0.3 is 0 Å². The summed E-state index contributed by atoms with van der Waals surface area (Å²) in [6.07, 6.45) is 1.33. The summed E-state index contributed by atoms with van der Waals surface area (Å²) in [7, 11) is 1.62. The van der Waals surface area contributed by atoms with Crippen molar-refractivity contribution in [1.82, 2.24) is 10.2 Å². The number of nitrogens with one attached hydrogen (secondary N) is 1. The predicted molar refractivity (Wildman–Crippen MR) is 123 cm³/mol. The number of carbonyl (C=O) groups excluding carboxylic acids is 2. The van der Waals surface area contributed by atoms with Crippen LogP contribution in [0.3, 0.4) is 0 Å². The van der Waals surface area contributed by atoms with E-state index in [4.69, 9.17) is 4.74 Å². The summed E-state index contributed by atoms with van der Waals surface area (Å²) in [5, 5.41) is 2.89. The lowest BCUT2D eigenvalue weighted by atomic mass is 10.1. The Morgan fingerprint density at radius 1 is 1.06 bits per heavy atom. The number of methoxy groups -OCH3 is 1. The summed E-state index contributed by atoms with van der Waals surface area (Å²) in [6, 6.07) is 13.2. The summed E-state index contributed by atoms with van der Waals surface area (Å²) in [6.45, 7) is 4.71. The maximum atomic E-state index is 13.3. The Kier molecular flexibility index (Phi) is 10.4. The molecule has 0 aliphatic heterocycles. The van der Waals surface area contributed by atoms with Crippen LogP contribution in [-0.4, -0.2) is 42.2 Å². The minimum absolute atomic E-state index is 0.110. The fourth-order valence-electron chi connectivity index (χ4n) is 3.13. The molecule has 1 N–H and O–H groups in total. The SMILES string of the molecule is CCCNC(=O)C(CC)N(Cc1ccc(F)cc1)C(=O)CSCc1ccc(OC)cc1. The number of amides is 2. The summed E-state index contributed by atoms with van der Waals surface area (Å²) in [5.74, 6) is 1.13. The maximum absolute atomic E-state index is 13.3. The second-order valence-corrected chi connectivity index (χ2v) is 8.19. The molecule has 0 bridgehead atoms. The quantitative estimate of drug-likeness (QED) is 0.525. The van der Waals surface area contributed by atoms with Crippen LogP contribution in [0.2, 0.25) is 0 Å². The van der Waals surface area contributed by atoms with E-state index in [-0.39, 0.29) is 29.9 Å². The Balaban J connectivity index is 2.07. The molecule has 2 aromatic carbocycles. The van der Waals surface area contributed by atoms with Crippen molar-refractivity contribution in [1.29, 1.82) is 0 Å². The van der Waals surface area contributed by atoms with E-state index in [1.165, 1.54) is 23.9 Å². The van der Waals surface area contributed by atoms with Gasteiger partial charge in [-0.25, -0.2) is 4.39 Å². The van der Waals surface area contributed by atoms with Gasteiger partial charge in [0, 0.05) is 18.8 Å². The Bertz CT molecular complexity index is 828. The molecule has 2 rings (SSSR count). The first-order valence-corrected chi connectivity index (χ1v) is 11.7. The molecule has 0 saturated heterocycles. The van der Waals surface area contributed by atoms with Crippen LogP contribution in [0.15, 0.2) is 48.5 Å². The Morgan fingerprint density at radius 2 is 1.71 bits per heavy atom. The molecule has 0 radical (unpaired) electrons. The zero-order chi connectivity index (χ0) is 22.6. The van der Waals surface area contributed by atoms with Gasteiger partial charge in [-0.15, -0.1) is 11.8 Å². The Labute approximate surface area is 188 Å². The topological polar surface area (TPSA) is 58.6 Å². The van der Waals surface area contributed by atoms with Crippen molar-refractivity contribution in [3.63, 3.8) is 0 Å². The van der Waals surface area contributed by atoms with E-state index >= 15 is 0 Å². The predicted octanol–water partition coefficient (Wildman–Crippen LogP) is 4.40. The van der Waals surface area contributed by atoms with Crippen LogP contribution in [0.5, 0.6) is 5.75 Å². The van der Waals surface area contributed by atoms with Crippen LogP contribution >= 0.6 is 11.8 Å². The van der Waals surface area contributed by atoms with E-state index < -0.39 is 6.04 Å². The molecule has 0 fully saturated rings. The van der Waals surface area contributed by atoms with E-state index in [2.05, 4.69) is 5.32 Å². The Hall–Kier alpha value is -2.54. The van der Waals surface area contributed by atoms with Gasteiger partial charge in [-0.2, -0.15) is 0 Å². The van der Waals surface area contributed by atoms with Gasteiger partial charge < -0.3 is 15.0 Å². The zero-order valence-electron chi connectivity index (χ0n) is 18.4. The molecule has 0 heterocycles. The molecule has 7 heteroatoms. The summed E-state index contributed by atoms with van der Waals surface area (Å²) in [5.41, 5.74) is 1.88. The van der Waals surface area contributed by atoms with Gasteiger partial charge in [-0.3, -0.25) is 9.59 Å². The minimum atomic E-state index is -0.564. The molecular weight excluding hydrogens is 415 g/mol. The van der Waals surface area contributed by atoms with Gasteiger partial charge in [-0.05, 0) is 48.2 Å². The number of carbonyl (C=O) groups is 2. The molecule has 168 valence electrons. The summed E-state index contributed by atoms with van der Waals surface area (Å²) in [4.78, 5) is 27.4. The molecule has 2 aromatic rings. The number of benzene rings is 2. The average molecular weight is 447 g/mol. The first-order chi connectivity index (χ1) is 15.0. The van der Waals surface area contributed by atoms with Gasteiger partial charge in [0.1, 0.15) is 17.6 Å².